The number of anilines is 1. The van der Waals surface area contributed by atoms with Crippen LogP contribution in [-0.4, -0.2) is 26.8 Å². The molecule has 0 radical (unpaired) electrons. The lowest BCUT2D eigenvalue weighted by Gasteiger charge is -2.11. The second-order valence-electron chi connectivity index (χ2n) is 3.76. The van der Waals surface area contributed by atoms with Crippen LogP contribution >= 0.6 is 23.2 Å². The standard InChI is InChI=1S/C10H11Cl2N3O4S/c1-5(16)14-4-9(17)15-10-7(11)2-6(3-8(10)12)20(13,18)19/h2-3H,4H2,1H3,(H,14,16)(H,15,17)(H2,13,18,19). The zero-order valence-electron chi connectivity index (χ0n) is 10.2. The van der Waals surface area contributed by atoms with E-state index in [1.807, 2.05) is 0 Å². The van der Waals surface area contributed by atoms with Gasteiger partial charge >= 0.3 is 0 Å². The van der Waals surface area contributed by atoms with Crippen molar-refractivity contribution in [1.29, 1.82) is 0 Å². The normalized spacial score (nSPS) is 11.0. The Bertz CT molecular complexity index is 637. The van der Waals surface area contributed by atoms with Crippen molar-refractivity contribution in [1.82, 2.24) is 5.32 Å². The molecule has 7 nitrogen and oxygen atoms in total. The van der Waals surface area contributed by atoms with E-state index in [2.05, 4.69) is 10.6 Å². The molecule has 0 fully saturated rings. The summed E-state index contributed by atoms with van der Waals surface area (Å²) in [5, 5.41) is 9.42. The summed E-state index contributed by atoms with van der Waals surface area (Å²) in [7, 11) is -3.95. The molecule has 0 aliphatic rings. The van der Waals surface area contributed by atoms with Gasteiger partial charge in [0.15, 0.2) is 0 Å². The Balaban J connectivity index is 2.98. The number of nitrogens with two attached hydrogens (primary N) is 1. The number of carbonyl (C=O) groups excluding carboxylic acids is 2. The number of amides is 2. The maximum atomic E-state index is 11.5. The Hall–Kier alpha value is -1.35. The molecule has 0 unspecified atom stereocenters. The van der Waals surface area contributed by atoms with Gasteiger partial charge in [-0.3, -0.25) is 9.59 Å². The lowest BCUT2D eigenvalue weighted by atomic mass is 10.3. The quantitative estimate of drug-likeness (QED) is 0.748. The minimum Gasteiger partial charge on any atom is -0.347 e. The Labute approximate surface area is 125 Å². The highest BCUT2D eigenvalue weighted by Crippen LogP contribution is 2.32. The smallest absolute Gasteiger partial charge is 0.243 e. The maximum Gasteiger partial charge on any atom is 0.243 e. The fraction of sp³-hybridized carbons (Fsp3) is 0.200. The molecule has 0 bridgehead atoms. The van der Waals surface area contributed by atoms with Crippen LogP contribution < -0.4 is 15.8 Å². The first-order chi connectivity index (χ1) is 9.11. The monoisotopic (exact) mass is 339 g/mol. The lowest BCUT2D eigenvalue weighted by Crippen LogP contribution is -2.31. The second kappa shape index (κ2) is 6.40. The highest BCUT2D eigenvalue weighted by atomic mass is 35.5. The first kappa shape index (κ1) is 16.7. The Morgan fingerprint density at radius 1 is 1.25 bits per heavy atom. The van der Waals surface area contributed by atoms with Gasteiger partial charge in [-0.1, -0.05) is 23.2 Å². The molecule has 1 rings (SSSR count). The zero-order valence-corrected chi connectivity index (χ0v) is 12.6. The fourth-order valence-corrected chi connectivity index (χ4v) is 2.50. The Morgan fingerprint density at radius 2 is 1.75 bits per heavy atom. The molecule has 1 aromatic carbocycles. The first-order valence-corrected chi connectivity index (χ1v) is 7.47. The van der Waals surface area contributed by atoms with Crippen molar-refractivity contribution in [3.05, 3.63) is 22.2 Å². The minimum atomic E-state index is -3.95. The van der Waals surface area contributed by atoms with Crippen LogP contribution in [0.2, 0.25) is 10.0 Å². The molecule has 0 aliphatic heterocycles. The summed E-state index contributed by atoms with van der Waals surface area (Å²) in [4.78, 5) is 21.9. The molecule has 0 saturated heterocycles. The number of carbonyl (C=O) groups is 2. The van der Waals surface area contributed by atoms with Gasteiger partial charge in [0.1, 0.15) is 0 Å². The van der Waals surface area contributed by atoms with Gasteiger partial charge in [0.25, 0.3) is 0 Å². The van der Waals surface area contributed by atoms with E-state index in [0.29, 0.717) is 0 Å². The average Bonchev–Trinajstić information content (AvgIpc) is 2.29. The third-order valence-electron chi connectivity index (χ3n) is 2.11. The van der Waals surface area contributed by atoms with Gasteiger partial charge in [0.05, 0.1) is 27.2 Å². The SMILES string of the molecule is CC(=O)NCC(=O)Nc1c(Cl)cc(S(N)(=O)=O)cc1Cl. The minimum absolute atomic E-state index is 0.0380. The number of sulfonamides is 1. The Kier molecular flexibility index (Phi) is 5.35. The van der Waals surface area contributed by atoms with E-state index in [1.165, 1.54) is 6.92 Å². The topological polar surface area (TPSA) is 118 Å². The first-order valence-electron chi connectivity index (χ1n) is 5.17. The van der Waals surface area contributed by atoms with Gasteiger partial charge in [0, 0.05) is 6.92 Å². The van der Waals surface area contributed by atoms with Crippen molar-refractivity contribution in [2.24, 2.45) is 5.14 Å². The summed E-state index contributed by atoms with van der Waals surface area (Å²) in [6.07, 6.45) is 0. The van der Waals surface area contributed by atoms with E-state index < -0.39 is 15.9 Å². The summed E-state index contributed by atoms with van der Waals surface area (Å²) in [6.45, 7) is 0.993. The van der Waals surface area contributed by atoms with E-state index in [4.69, 9.17) is 28.3 Å². The van der Waals surface area contributed by atoms with Crippen molar-refractivity contribution in [3.63, 3.8) is 0 Å². The number of rotatable bonds is 4. The van der Waals surface area contributed by atoms with Crippen LogP contribution in [0, 0.1) is 0 Å². The lowest BCUT2D eigenvalue weighted by molar-refractivity contribution is -0.122. The van der Waals surface area contributed by atoms with E-state index in [1.54, 1.807) is 0 Å². The van der Waals surface area contributed by atoms with E-state index in [9.17, 15) is 18.0 Å². The van der Waals surface area contributed by atoms with Crippen LogP contribution in [0.15, 0.2) is 17.0 Å². The third-order valence-corrected chi connectivity index (χ3v) is 3.60. The Morgan fingerprint density at radius 3 is 2.15 bits per heavy atom. The van der Waals surface area contributed by atoms with Gasteiger partial charge in [-0.05, 0) is 12.1 Å². The zero-order chi connectivity index (χ0) is 15.5. The second-order valence-corrected chi connectivity index (χ2v) is 6.14. The number of nitrogens with one attached hydrogen (secondary N) is 2. The number of halogens is 2. The summed E-state index contributed by atoms with van der Waals surface area (Å²) in [5.41, 5.74) is 0.0380. The molecule has 0 spiro atoms. The predicted octanol–water partition coefficient (Wildman–Crippen LogP) is 0.715. The molecule has 0 saturated carbocycles. The van der Waals surface area contributed by atoms with Crippen molar-refractivity contribution >= 4 is 50.7 Å². The molecule has 2 amide bonds. The molecule has 0 heterocycles. The molecule has 110 valence electrons. The fourth-order valence-electron chi connectivity index (χ4n) is 1.22. The largest absolute Gasteiger partial charge is 0.347 e. The highest BCUT2D eigenvalue weighted by molar-refractivity contribution is 7.89. The molecule has 10 heteroatoms. The molecule has 0 aromatic heterocycles. The van der Waals surface area contributed by atoms with Crippen LogP contribution in [0.5, 0.6) is 0 Å². The summed E-state index contributed by atoms with van der Waals surface area (Å²) < 4.78 is 22.3. The van der Waals surface area contributed by atoms with Crippen LogP contribution in [-0.2, 0) is 19.6 Å². The summed E-state index contributed by atoms with van der Waals surface area (Å²) >= 11 is 11.7. The van der Waals surface area contributed by atoms with Gasteiger partial charge in [-0.15, -0.1) is 0 Å². The molecule has 0 atom stereocenters. The van der Waals surface area contributed by atoms with Gasteiger partial charge in [-0.2, -0.15) is 0 Å². The van der Waals surface area contributed by atoms with Gasteiger partial charge in [0.2, 0.25) is 21.8 Å². The van der Waals surface area contributed by atoms with Crippen LogP contribution in [0.3, 0.4) is 0 Å². The number of hydrogen-bond acceptors (Lipinski definition) is 4. The van der Waals surface area contributed by atoms with Crippen molar-refractivity contribution in [3.8, 4) is 0 Å². The highest BCUT2D eigenvalue weighted by Gasteiger charge is 2.16. The summed E-state index contributed by atoms with van der Waals surface area (Å²) in [6, 6.07) is 2.13. The predicted molar refractivity (Wildman–Crippen MR) is 75.1 cm³/mol. The molecule has 4 N–H and O–H groups in total. The van der Waals surface area contributed by atoms with Crippen LogP contribution in [0.1, 0.15) is 6.92 Å². The van der Waals surface area contributed by atoms with Crippen molar-refractivity contribution < 1.29 is 18.0 Å². The van der Waals surface area contributed by atoms with E-state index in [-0.39, 0.29) is 33.1 Å². The summed E-state index contributed by atoms with van der Waals surface area (Å²) in [5.74, 6) is -0.936. The van der Waals surface area contributed by atoms with E-state index in [0.717, 1.165) is 12.1 Å². The molecule has 1 aromatic rings. The molecule has 0 aliphatic carbocycles. The maximum absolute atomic E-state index is 11.5. The van der Waals surface area contributed by atoms with Gasteiger partial charge in [-0.25, -0.2) is 13.6 Å². The molecular formula is C10H11Cl2N3O4S. The average molecular weight is 340 g/mol. The van der Waals surface area contributed by atoms with Crippen molar-refractivity contribution in [2.75, 3.05) is 11.9 Å². The van der Waals surface area contributed by atoms with Crippen molar-refractivity contribution in [2.45, 2.75) is 11.8 Å². The molecular weight excluding hydrogens is 329 g/mol. The van der Waals surface area contributed by atoms with E-state index >= 15 is 0 Å². The number of primary sulfonamides is 1. The third kappa shape index (κ3) is 4.64. The van der Waals surface area contributed by atoms with Gasteiger partial charge < -0.3 is 10.6 Å². The van der Waals surface area contributed by atoms with Crippen LogP contribution in [0.4, 0.5) is 5.69 Å². The number of hydrogen-bond donors (Lipinski definition) is 3. The van der Waals surface area contributed by atoms with Crippen LogP contribution in [0.25, 0.3) is 0 Å². The number of benzene rings is 1. The molecule has 20 heavy (non-hydrogen) atoms.